The second kappa shape index (κ2) is 6.82. The Hall–Kier alpha value is -3.06. The summed E-state index contributed by atoms with van der Waals surface area (Å²) < 4.78 is 5.32. The van der Waals surface area contributed by atoms with Crippen molar-refractivity contribution >= 4 is 22.4 Å². The van der Waals surface area contributed by atoms with Crippen LogP contribution in [0.25, 0.3) is 22.3 Å². The molecule has 1 aliphatic rings. The first-order valence-corrected chi connectivity index (χ1v) is 8.17. The Morgan fingerprint density at radius 2 is 1.72 bits per heavy atom. The Balaban J connectivity index is 1.72. The van der Waals surface area contributed by atoms with Crippen molar-refractivity contribution in [2.75, 3.05) is 32.0 Å². The normalized spacial score (nSPS) is 15.1. The molecule has 0 unspecified atom stereocenters. The number of fused-ring (bicyclic) bond motifs is 1. The molecule has 126 valence electrons. The zero-order chi connectivity index (χ0) is 17.1. The van der Waals surface area contributed by atoms with E-state index in [0.717, 1.165) is 29.6 Å². The molecule has 0 bridgehead atoms. The van der Waals surface area contributed by atoms with E-state index >= 15 is 0 Å². The molecule has 3 aromatic rings. The highest BCUT2D eigenvalue weighted by Gasteiger charge is 2.12. The molecule has 4 rings (SSSR count). The smallest absolute Gasteiger partial charge is 0.164 e. The van der Waals surface area contributed by atoms with Crippen molar-refractivity contribution in [2.45, 2.75) is 0 Å². The minimum Gasteiger partial charge on any atom is -0.383 e. The lowest BCUT2D eigenvalue weighted by Gasteiger charge is -2.22. The van der Waals surface area contributed by atoms with Crippen molar-refractivity contribution in [2.24, 2.45) is 10.3 Å². The summed E-state index contributed by atoms with van der Waals surface area (Å²) in [4.78, 5) is 9.09. The molecule has 0 saturated carbocycles. The van der Waals surface area contributed by atoms with E-state index in [9.17, 15) is 0 Å². The van der Waals surface area contributed by atoms with E-state index in [1.807, 2.05) is 53.5 Å². The molecule has 0 aliphatic carbocycles. The summed E-state index contributed by atoms with van der Waals surface area (Å²) in [6.07, 6.45) is 0. The van der Waals surface area contributed by atoms with E-state index in [0.29, 0.717) is 30.5 Å². The minimum atomic E-state index is 0.459. The lowest BCUT2D eigenvalue weighted by molar-refractivity contribution is 0.0354. The maximum atomic E-state index is 6.11. The number of para-hydroxylation sites is 1. The predicted octanol–water partition coefficient (Wildman–Crippen LogP) is 3.21. The van der Waals surface area contributed by atoms with Crippen LogP contribution in [0.3, 0.4) is 0 Å². The molecule has 25 heavy (non-hydrogen) atoms. The van der Waals surface area contributed by atoms with Gasteiger partial charge in [0, 0.05) is 10.9 Å². The Bertz CT molecular complexity index is 920. The van der Waals surface area contributed by atoms with Gasteiger partial charge in [-0.25, -0.2) is 9.97 Å². The van der Waals surface area contributed by atoms with E-state index in [4.69, 9.17) is 10.5 Å². The minimum absolute atomic E-state index is 0.459. The van der Waals surface area contributed by atoms with Gasteiger partial charge in [0.05, 0.1) is 37.5 Å². The molecule has 0 amide bonds. The Morgan fingerprint density at radius 3 is 2.60 bits per heavy atom. The number of hydrogen-bond donors (Lipinski definition) is 1. The van der Waals surface area contributed by atoms with E-state index in [-0.39, 0.29) is 0 Å². The van der Waals surface area contributed by atoms with Crippen LogP contribution in [0.1, 0.15) is 0 Å². The Kier molecular flexibility index (Phi) is 4.22. The van der Waals surface area contributed by atoms with Crippen molar-refractivity contribution < 1.29 is 4.74 Å². The SMILES string of the molecule is Nc1nc(-c2ccccc2N=NN2CCOCC2)nc2ccccc12. The molecular weight excluding hydrogens is 316 g/mol. The number of anilines is 1. The van der Waals surface area contributed by atoms with Gasteiger partial charge in [0.1, 0.15) is 5.82 Å². The maximum Gasteiger partial charge on any atom is 0.164 e. The number of aromatic nitrogens is 2. The van der Waals surface area contributed by atoms with Crippen molar-refractivity contribution in [3.63, 3.8) is 0 Å². The van der Waals surface area contributed by atoms with Crippen molar-refractivity contribution in [3.05, 3.63) is 48.5 Å². The Labute approximate surface area is 145 Å². The molecule has 0 spiro atoms. The standard InChI is InChI=1S/C18H18N6O/c19-17-13-5-1-3-7-15(13)20-18(21-17)14-6-2-4-8-16(14)22-23-24-9-11-25-12-10-24/h1-8H,9-12H2,(H2,19,20,21). The number of morpholine rings is 1. The van der Waals surface area contributed by atoms with E-state index in [1.54, 1.807) is 0 Å². The molecule has 1 saturated heterocycles. The van der Waals surface area contributed by atoms with Crippen molar-refractivity contribution in [1.29, 1.82) is 0 Å². The quantitative estimate of drug-likeness (QED) is 0.743. The van der Waals surface area contributed by atoms with Gasteiger partial charge in [-0.2, -0.15) is 0 Å². The molecule has 7 nitrogen and oxygen atoms in total. The number of ether oxygens (including phenoxy) is 1. The fourth-order valence-electron chi connectivity index (χ4n) is 2.73. The molecule has 0 atom stereocenters. The zero-order valence-corrected chi connectivity index (χ0v) is 13.7. The molecule has 2 heterocycles. The molecule has 1 aliphatic heterocycles. The second-order valence-electron chi connectivity index (χ2n) is 5.72. The molecule has 7 heteroatoms. The van der Waals surface area contributed by atoms with Crippen molar-refractivity contribution in [1.82, 2.24) is 15.0 Å². The fourth-order valence-corrected chi connectivity index (χ4v) is 2.73. The topological polar surface area (TPSA) is 89.0 Å². The van der Waals surface area contributed by atoms with Crippen molar-refractivity contribution in [3.8, 4) is 11.4 Å². The van der Waals surface area contributed by atoms with Crippen LogP contribution in [-0.4, -0.2) is 41.3 Å². The maximum absolute atomic E-state index is 6.11. The van der Waals surface area contributed by atoms with Gasteiger partial charge < -0.3 is 10.5 Å². The van der Waals surface area contributed by atoms with Gasteiger partial charge in [0.25, 0.3) is 0 Å². The first-order chi connectivity index (χ1) is 12.3. The van der Waals surface area contributed by atoms with Crippen LogP contribution < -0.4 is 5.73 Å². The van der Waals surface area contributed by atoms with E-state index in [2.05, 4.69) is 20.3 Å². The fraction of sp³-hybridized carbons (Fsp3) is 0.222. The van der Waals surface area contributed by atoms with Gasteiger partial charge in [-0.05, 0) is 24.3 Å². The molecule has 0 radical (unpaired) electrons. The number of rotatable bonds is 3. The number of nitrogens with zero attached hydrogens (tertiary/aromatic N) is 5. The summed E-state index contributed by atoms with van der Waals surface area (Å²) in [5.41, 5.74) is 8.43. The molecular formula is C18H18N6O. The third kappa shape index (κ3) is 3.27. The van der Waals surface area contributed by atoms with Gasteiger partial charge in [-0.15, -0.1) is 5.11 Å². The van der Waals surface area contributed by atoms with Crippen LogP contribution in [0.15, 0.2) is 58.9 Å². The zero-order valence-electron chi connectivity index (χ0n) is 13.7. The first kappa shape index (κ1) is 15.5. The number of hydrogen-bond acceptors (Lipinski definition) is 6. The highest BCUT2D eigenvalue weighted by atomic mass is 16.5. The highest BCUT2D eigenvalue weighted by molar-refractivity contribution is 5.90. The average molecular weight is 334 g/mol. The van der Waals surface area contributed by atoms with E-state index < -0.39 is 0 Å². The number of nitrogen functional groups attached to an aromatic ring is 1. The summed E-state index contributed by atoms with van der Waals surface area (Å²) in [7, 11) is 0. The van der Waals surface area contributed by atoms with Gasteiger partial charge in [-0.1, -0.05) is 29.5 Å². The number of nitrogens with two attached hydrogens (primary N) is 1. The lowest BCUT2D eigenvalue weighted by atomic mass is 10.1. The van der Waals surface area contributed by atoms with Gasteiger partial charge in [-0.3, -0.25) is 5.01 Å². The van der Waals surface area contributed by atoms with Crippen LogP contribution in [-0.2, 0) is 4.74 Å². The van der Waals surface area contributed by atoms with Gasteiger partial charge >= 0.3 is 0 Å². The van der Waals surface area contributed by atoms with Crippen LogP contribution in [0.4, 0.5) is 11.5 Å². The summed E-state index contributed by atoms with van der Waals surface area (Å²) >= 11 is 0. The summed E-state index contributed by atoms with van der Waals surface area (Å²) in [6, 6.07) is 15.4. The molecule has 2 N–H and O–H groups in total. The third-order valence-electron chi connectivity index (χ3n) is 4.04. The summed E-state index contributed by atoms with van der Waals surface area (Å²) in [5.74, 6) is 1.01. The average Bonchev–Trinajstić information content (AvgIpc) is 2.67. The van der Waals surface area contributed by atoms with Gasteiger partial charge in [0.2, 0.25) is 0 Å². The third-order valence-corrected chi connectivity index (χ3v) is 4.04. The monoisotopic (exact) mass is 334 g/mol. The van der Waals surface area contributed by atoms with E-state index in [1.165, 1.54) is 0 Å². The Morgan fingerprint density at radius 1 is 0.960 bits per heavy atom. The predicted molar refractivity (Wildman–Crippen MR) is 96.3 cm³/mol. The molecule has 1 fully saturated rings. The summed E-state index contributed by atoms with van der Waals surface area (Å²) in [5, 5.41) is 11.5. The van der Waals surface area contributed by atoms with Crippen LogP contribution in [0, 0.1) is 0 Å². The second-order valence-corrected chi connectivity index (χ2v) is 5.72. The van der Waals surface area contributed by atoms with Crippen LogP contribution >= 0.6 is 0 Å². The highest BCUT2D eigenvalue weighted by Crippen LogP contribution is 2.30. The lowest BCUT2D eigenvalue weighted by Crippen LogP contribution is -2.31. The van der Waals surface area contributed by atoms with Gasteiger partial charge in [0.15, 0.2) is 5.82 Å². The first-order valence-electron chi connectivity index (χ1n) is 8.17. The molecule has 1 aromatic heterocycles. The molecule has 2 aromatic carbocycles. The van der Waals surface area contributed by atoms with Crippen LogP contribution in [0.2, 0.25) is 0 Å². The largest absolute Gasteiger partial charge is 0.383 e. The van der Waals surface area contributed by atoms with Crippen LogP contribution in [0.5, 0.6) is 0 Å². The number of benzene rings is 2. The summed E-state index contributed by atoms with van der Waals surface area (Å²) in [6.45, 7) is 2.83.